The van der Waals surface area contributed by atoms with E-state index >= 15 is 0 Å². The molecule has 2 aromatic carbocycles. The number of para-hydroxylation sites is 1. The summed E-state index contributed by atoms with van der Waals surface area (Å²) in [4.78, 5) is 24.5. The van der Waals surface area contributed by atoms with Gasteiger partial charge in [0.05, 0.1) is 31.2 Å². The van der Waals surface area contributed by atoms with E-state index in [-0.39, 0.29) is 11.8 Å². The number of hydrogen-bond acceptors (Lipinski definition) is 5. The molecule has 0 atom stereocenters. The van der Waals surface area contributed by atoms with E-state index in [9.17, 15) is 9.59 Å². The number of nitrogens with one attached hydrogen (secondary N) is 2. The van der Waals surface area contributed by atoms with Crippen LogP contribution in [0.15, 0.2) is 47.6 Å². The molecule has 146 valence electrons. The maximum atomic E-state index is 12.5. The molecule has 1 fully saturated rings. The molecule has 0 bridgehead atoms. The SMILES string of the molecule is CCOc1ccc(/C=N\NC(=O)c2ccccc2NC(=O)C2CC2)cc1OC. The van der Waals surface area contributed by atoms with Crippen LogP contribution in [0.25, 0.3) is 0 Å². The third-order valence-electron chi connectivity index (χ3n) is 4.24. The number of rotatable bonds is 8. The van der Waals surface area contributed by atoms with E-state index in [2.05, 4.69) is 15.8 Å². The largest absolute Gasteiger partial charge is 0.493 e. The molecule has 2 amide bonds. The Balaban J connectivity index is 1.66. The highest BCUT2D eigenvalue weighted by Crippen LogP contribution is 2.30. The molecule has 3 rings (SSSR count). The lowest BCUT2D eigenvalue weighted by atomic mass is 10.1. The molecule has 7 heteroatoms. The molecule has 28 heavy (non-hydrogen) atoms. The van der Waals surface area contributed by atoms with E-state index in [1.807, 2.05) is 13.0 Å². The molecule has 1 aliphatic carbocycles. The van der Waals surface area contributed by atoms with Gasteiger partial charge in [0.2, 0.25) is 5.91 Å². The average molecular weight is 381 g/mol. The van der Waals surface area contributed by atoms with Crippen molar-refractivity contribution in [2.45, 2.75) is 19.8 Å². The van der Waals surface area contributed by atoms with Crippen molar-refractivity contribution in [2.24, 2.45) is 11.0 Å². The van der Waals surface area contributed by atoms with Gasteiger partial charge in [-0.2, -0.15) is 5.10 Å². The van der Waals surface area contributed by atoms with Gasteiger partial charge in [0.1, 0.15) is 0 Å². The van der Waals surface area contributed by atoms with E-state index in [0.717, 1.165) is 18.4 Å². The summed E-state index contributed by atoms with van der Waals surface area (Å²) in [5.74, 6) is 0.839. The van der Waals surface area contributed by atoms with Gasteiger partial charge in [0, 0.05) is 5.92 Å². The van der Waals surface area contributed by atoms with Gasteiger partial charge in [0.25, 0.3) is 5.91 Å². The van der Waals surface area contributed by atoms with Crippen molar-refractivity contribution < 1.29 is 19.1 Å². The molecule has 2 aromatic rings. The smallest absolute Gasteiger partial charge is 0.273 e. The molecular formula is C21H23N3O4. The fourth-order valence-electron chi connectivity index (χ4n) is 2.64. The monoisotopic (exact) mass is 381 g/mol. The van der Waals surface area contributed by atoms with Gasteiger partial charge < -0.3 is 14.8 Å². The normalized spacial score (nSPS) is 13.2. The van der Waals surface area contributed by atoms with Crippen molar-refractivity contribution in [3.63, 3.8) is 0 Å². The molecular weight excluding hydrogens is 358 g/mol. The number of carbonyl (C=O) groups is 2. The quantitative estimate of drug-likeness (QED) is 0.543. The maximum absolute atomic E-state index is 12.5. The van der Waals surface area contributed by atoms with Crippen molar-refractivity contribution >= 4 is 23.7 Å². The highest BCUT2D eigenvalue weighted by Gasteiger charge is 2.30. The van der Waals surface area contributed by atoms with Gasteiger partial charge in [0.15, 0.2) is 11.5 Å². The van der Waals surface area contributed by atoms with Crippen molar-refractivity contribution in [3.8, 4) is 11.5 Å². The standard InChI is InChI=1S/C21H23N3O4/c1-3-28-18-11-8-14(12-19(18)27-2)13-22-24-21(26)16-6-4-5-7-17(16)23-20(25)15-9-10-15/h4-8,11-13,15H,3,9-10H2,1-2H3,(H,23,25)(H,24,26)/b22-13-. The Kier molecular flexibility index (Phi) is 6.26. The summed E-state index contributed by atoms with van der Waals surface area (Å²) in [6, 6.07) is 12.2. The number of ether oxygens (including phenoxy) is 2. The third kappa shape index (κ3) is 4.88. The van der Waals surface area contributed by atoms with Gasteiger partial charge in [-0.3, -0.25) is 9.59 Å². The zero-order valence-corrected chi connectivity index (χ0v) is 15.9. The van der Waals surface area contributed by atoms with Gasteiger partial charge in [-0.25, -0.2) is 5.43 Å². The lowest BCUT2D eigenvalue weighted by Gasteiger charge is -2.10. The van der Waals surface area contributed by atoms with Crippen molar-refractivity contribution in [1.82, 2.24) is 5.43 Å². The lowest BCUT2D eigenvalue weighted by Crippen LogP contribution is -2.21. The minimum atomic E-state index is -0.402. The molecule has 2 N–H and O–H groups in total. The average Bonchev–Trinajstić information content (AvgIpc) is 3.55. The zero-order valence-electron chi connectivity index (χ0n) is 15.9. The van der Waals surface area contributed by atoms with Crippen molar-refractivity contribution in [1.29, 1.82) is 0 Å². The second-order valence-corrected chi connectivity index (χ2v) is 6.35. The summed E-state index contributed by atoms with van der Waals surface area (Å²) < 4.78 is 10.8. The second-order valence-electron chi connectivity index (χ2n) is 6.35. The molecule has 0 saturated heterocycles. The molecule has 0 unspecified atom stereocenters. The number of amides is 2. The van der Waals surface area contributed by atoms with Gasteiger partial charge in [-0.05, 0) is 55.7 Å². The molecule has 0 aliphatic heterocycles. The van der Waals surface area contributed by atoms with E-state index in [4.69, 9.17) is 9.47 Å². The molecule has 0 aromatic heterocycles. The van der Waals surface area contributed by atoms with E-state index in [1.165, 1.54) is 6.21 Å². The first-order valence-corrected chi connectivity index (χ1v) is 9.16. The van der Waals surface area contributed by atoms with E-state index in [0.29, 0.717) is 29.4 Å². The van der Waals surface area contributed by atoms with Crippen molar-refractivity contribution in [2.75, 3.05) is 19.0 Å². The Morgan fingerprint density at radius 3 is 2.68 bits per heavy atom. The number of carbonyl (C=O) groups excluding carboxylic acids is 2. The number of nitrogens with zero attached hydrogens (tertiary/aromatic N) is 1. The Labute approximate surface area is 163 Å². The Morgan fingerprint density at radius 2 is 1.96 bits per heavy atom. The number of methoxy groups -OCH3 is 1. The molecule has 7 nitrogen and oxygen atoms in total. The predicted octanol–water partition coefficient (Wildman–Crippen LogP) is 3.21. The number of anilines is 1. The molecule has 0 radical (unpaired) electrons. The van der Waals surface area contributed by atoms with Crippen LogP contribution in [-0.4, -0.2) is 31.7 Å². The summed E-state index contributed by atoms with van der Waals surface area (Å²) in [5, 5.41) is 6.82. The zero-order chi connectivity index (χ0) is 19.9. The molecule has 1 saturated carbocycles. The van der Waals surface area contributed by atoms with Crippen LogP contribution >= 0.6 is 0 Å². The van der Waals surface area contributed by atoms with Crippen LogP contribution in [0, 0.1) is 5.92 Å². The van der Waals surface area contributed by atoms with Gasteiger partial charge in [-0.15, -0.1) is 0 Å². The van der Waals surface area contributed by atoms with Gasteiger partial charge >= 0.3 is 0 Å². The topological polar surface area (TPSA) is 89.0 Å². The van der Waals surface area contributed by atoms with Crippen LogP contribution < -0.4 is 20.2 Å². The number of hydrazone groups is 1. The minimum Gasteiger partial charge on any atom is -0.493 e. The summed E-state index contributed by atoms with van der Waals surface area (Å²) in [6.07, 6.45) is 3.31. The Bertz CT molecular complexity index is 891. The summed E-state index contributed by atoms with van der Waals surface area (Å²) in [6.45, 7) is 2.44. The summed E-state index contributed by atoms with van der Waals surface area (Å²) in [7, 11) is 1.56. The lowest BCUT2D eigenvalue weighted by molar-refractivity contribution is -0.117. The van der Waals surface area contributed by atoms with Gasteiger partial charge in [-0.1, -0.05) is 12.1 Å². The maximum Gasteiger partial charge on any atom is 0.273 e. The Hall–Kier alpha value is -3.35. The molecule has 1 aliphatic rings. The summed E-state index contributed by atoms with van der Waals surface area (Å²) >= 11 is 0. The fraction of sp³-hybridized carbons (Fsp3) is 0.286. The fourth-order valence-corrected chi connectivity index (χ4v) is 2.64. The highest BCUT2D eigenvalue weighted by molar-refractivity contribution is 6.04. The predicted molar refractivity (Wildman–Crippen MR) is 107 cm³/mol. The first-order chi connectivity index (χ1) is 13.6. The second kappa shape index (κ2) is 9.03. The Morgan fingerprint density at radius 1 is 1.18 bits per heavy atom. The molecule has 0 heterocycles. The van der Waals surface area contributed by atoms with Crippen molar-refractivity contribution in [3.05, 3.63) is 53.6 Å². The van der Waals surface area contributed by atoms with E-state index < -0.39 is 5.91 Å². The number of benzene rings is 2. The van der Waals surface area contributed by atoms with Crippen LogP contribution in [0.3, 0.4) is 0 Å². The summed E-state index contributed by atoms with van der Waals surface area (Å²) in [5.41, 5.74) is 4.08. The van der Waals surface area contributed by atoms with E-state index in [1.54, 1.807) is 43.5 Å². The van der Waals surface area contributed by atoms with Crippen LogP contribution in [0.5, 0.6) is 11.5 Å². The first-order valence-electron chi connectivity index (χ1n) is 9.16. The van der Waals surface area contributed by atoms with Crippen LogP contribution in [0.4, 0.5) is 5.69 Å². The van der Waals surface area contributed by atoms with Crippen LogP contribution in [-0.2, 0) is 4.79 Å². The van der Waals surface area contributed by atoms with Crippen LogP contribution in [0.2, 0.25) is 0 Å². The first kappa shape index (κ1) is 19.4. The van der Waals surface area contributed by atoms with Crippen LogP contribution in [0.1, 0.15) is 35.7 Å². The number of hydrogen-bond donors (Lipinski definition) is 2. The highest BCUT2D eigenvalue weighted by atomic mass is 16.5. The third-order valence-corrected chi connectivity index (χ3v) is 4.24. The molecule has 0 spiro atoms. The minimum absolute atomic E-state index is 0.0507.